The van der Waals surface area contributed by atoms with Gasteiger partial charge in [0, 0.05) is 11.8 Å². The molecular weight excluding hydrogens is 431 g/mol. The molecule has 3 aromatic rings. The number of hydrogen-bond acceptors (Lipinski definition) is 7. The Kier molecular flexibility index (Phi) is 3.95. The molecule has 2 N–H and O–H groups in total. The molecule has 12 heteroatoms. The highest BCUT2D eigenvalue weighted by atomic mass is 79.9. The molecule has 120 valence electrons. The van der Waals surface area contributed by atoms with Gasteiger partial charge in [-0.3, -0.25) is 0 Å². The molecular formula is C11H7BrCl2N6O2S. The summed E-state index contributed by atoms with van der Waals surface area (Å²) in [6, 6.07) is 3.21. The molecule has 0 spiro atoms. The summed E-state index contributed by atoms with van der Waals surface area (Å²) in [4.78, 5) is 11.7. The fourth-order valence-corrected chi connectivity index (χ4v) is 2.98. The minimum absolute atomic E-state index is 0.00286. The number of rotatable bonds is 2. The summed E-state index contributed by atoms with van der Waals surface area (Å²) in [5.74, 6) is 0.0829. The zero-order valence-electron chi connectivity index (χ0n) is 11.3. The van der Waals surface area contributed by atoms with Gasteiger partial charge in [0.2, 0.25) is 15.8 Å². The summed E-state index contributed by atoms with van der Waals surface area (Å²) in [6.45, 7) is 0. The van der Waals surface area contributed by atoms with E-state index in [1.165, 1.54) is 0 Å². The predicted octanol–water partition coefficient (Wildman–Crippen LogP) is 2.24. The Morgan fingerprint density at radius 1 is 1.17 bits per heavy atom. The summed E-state index contributed by atoms with van der Waals surface area (Å²) < 4.78 is 24.8. The topological polar surface area (TPSA) is 116 Å². The van der Waals surface area contributed by atoms with Crippen LogP contribution in [-0.2, 0) is 9.84 Å². The van der Waals surface area contributed by atoms with Crippen LogP contribution in [0.3, 0.4) is 0 Å². The fourth-order valence-electron chi connectivity index (χ4n) is 1.76. The molecule has 3 rings (SSSR count). The second-order valence-corrected chi connectivity index (χ2v) is 8.05. The zero-order valence-corrected chi connectivity index (χ0v) is 15.2. The summed E-state index contributed by atoms with van der Waals surface area (Å²) in [6.07, 6.45) is 0.976. The molecule has 0 fully saturated rings. The number of aromatic nitrogens is 5. The third-order valence-corrected chi connectivity index (χ3v) is 5.54. The number of anilines is 1. The molecule has 0 saturated heterocycles. The van der Waals surface area contributed by atoms with E-state index in [-0.39, 0.29) is 17.6 Å². The van der Waals surface area contributed by atoms with Gasteiger partial charge in [0.1, 0.15) is 0 Å². The molecule has 0 saturated carbocycles. The van der Waals surface area contributed by atoms with Crippen molar-refractivity contribution in [3.63, 3.8) is 0 Å². The van der Waals surface area contributed by atoms with Crippen molar-refractivity contribution >= 4 is 60.7 Å². The van der Waals surface area contributed by atoms with Gasteiger partial charge in [-0.15, -0.1) is 5.10 Å². The highest BCUT2D eigenvalue weighted by Crippen LogP contribution is 2.34. The lowest BCUT2D eigenvalue weighted by atomic mass is 10.2. The molecule has 0 radical (unpaired) electrons. The molecule has 1 aromatic carbocycles. The number of hydrogen-bond donors (Lipinski definition) is 1. The van der Waals surface area contributed by atoms with E-state index in [4.69, 9.17) is 28.9 Å². The van der Waals surface area contributed by atoms with Crippen molar-refractivity contribution in [2.75, 3.05) is 12.0 Å². The van der Waals surface area contributed by atoms with Crippen LogP contribution < -0.4 is 5.73 Å². The Hall–Kier alpha value is -1.49. The third kappa shape index (κ3) is 2.99. The number of nitrogens with zero attached hydrogens (tertiary/aromatic N) is 5. The first-order valence-corrected chi connectivity index (χ1v) is 9.36. The molecule has 0 aliphatic heterocycles. The average Bonchev–Trinajstić information content (AvgIpc) is 2.88. The molecule has 0 unspecified atom stereocenters. The second kappa shape index (κ2) is 5.55. The lowest BCUT2D eigenvalue weighted by Crippen LogP contribution is -2.11. The minimum atomic E-state index is -3.62. The van der Waals surface area contributed by atoms with Crippen LogP contribution in [0.5, 0.6) is 0 Å². The van der Waals surface area contributed by atoms with E-state index in [0.717, 1.165) is 10.8 Å². The van der Waals surface area contributed by atoms with Crippen LogP contribution in [0.25, 0.3) is 17.2 Å². The van der Waals surface area contributed by atoms with Gasteiger partial charge >= 0.3 is 0 Å². The quantitative estimate of drug-likeness (QED) is 0.611. The number of nitrogens with two attached hydrogens (primary N) is 1. The molecule has 23 heavy (non-hydrogen) atoms. The molecule has 0 aliphatic rings. The van der Waals surface area contributed by atoms with Crippen molar-refractivity contribution < 1.29 is 8.42 Å². The maximum atomic E-state index is 11.6. The van der Waals surface area contributed by atoms with E-state index in [1.54, 1.807) is 12.1 Å². The van der Waals surface area contributed by atoms with Crippen LogP contribution in [0.2, 0.25) is 10.0 Å². The first kappa shape index (κ1) is 16.4. The van der Waals surface area contributed by atoms with E-state index < -0.39 is 15.0 Å². The summed E-state index contributed by atoms with van der Waals surface area (Å²) in [5.41, 5.74) is 6.24. The van der Waals surface area contributed by atoms with Crippen molar-refractivity contribution in [2.45, 2.75) is 5.16 Å². The first-order valence-electron chi connectivity index (χ1n) is 5.92. The number of benzene rings is 1. The number of nitrogen functional groups attached to an aromatic ring is 1. The van der Waals surface area contributed by atoms with Crippen molar-refractivity contribution in [1.29, 1.82) is 0 Å². The minimum Gasteiger partial charge on any atom is -0.368 e. The molecule has 0 atom stereocenters. The first-order chi connectivity index (χ1) is 10.7. The fraction of sp³-hybridized carbons (Fsp3) is 0.0909. The van der Waals surface area contributed by atoms with Gasteiger partial charge < -0.3 is 5.73 Å². The lowest BCUT2D eigenvalue weighted by Gasteiger charge is -2.01. The summed E-state index contributed by atoms with van der Waals surface area (Å²) in [5, 5.41) is 4.48. The molecule has 0 aliphatic carbocycles. The number of fused-ring (bicyclic) bond motifs is 1. The van der Waals surface area contributed by atoms with E-state index in [2.05, 4.69) is 36.0 Å². The summed E-state index contributed by atoms with van der Waals surface area (Å²) >= 11 is 15.4. The van der Waals surface area contributed by atoms with Crippen LogP contribution in [-0.4, -0.2) is 39.2 Å². The van der Waals surface area contributed by atoms with Crippen LogP contribution in [0.15, 0.2) is 21.8 Å². The van der Waals surface area contributed by atoms with Crippen molar-refractivity contribution in [2.24, 2.45) is 0 Å². The standard InChI is InChI=1S/C11H7BrCl2N6O2S/c1-23(21,22)11-17-9(15)20-10(18-11)16-8(19-20)4-2-5(13)7(12)6(14)3-4/h2-3H,1H3,(H2,15,16,17,18,19). The smallest absolute Gasteiger partial charge is 0.258 e. The Labute approximate surface area is 148 Å². The van der Waals surface area contributed by atoms with Crippen LogP contribution >= 0.6 is 39.1 Å². The normalized spacial score (nSPS) is 12.0. The van der Waals surface area contributed by atoms with Gasteiger partial charge in [0.15, 0.2) is 5.82 Å². The molecule has 0 bridgehead atoms. The highest BCUT2D eigenvalue weighted by Gasteiger charge is 2.18. The monoisotopic (exact) mass is 436 g/mol. The third-order valence-electron chi connectivity index (χ3n) is 2.79. The molecule has 2 heterocycles. The Morgan fingerprint density at radius 2 is 1.78 bits per heavy atom. The van der Waals surface area contributed by atoms with Crippen molar-refractivity contribution in [3.8, 4) is 11.4 Å². The largest absolute Gasteiger partial charge is 0.368 e. The van der Waals surface area contributed by atoms with E-state index in [9.17, 15) is 8.42 Å². The maximum absolute atomic E-state index is 11.6. The SMILES string of the molecule is CS(=O)(=O)c1nc(N)n2nc(-c3cc(Cl)c(Br)c(Cl)c3)nc2n1. The van der Waals surface area contributed by atoms with Crippen LogP contribution in [0.4, 0.5) is 5.95 Å². The van der Waals surface area contributed by atoms with Gasteiger partial charge in [-0.1, -0.05) is 23.2 Å². The van der Waals surface area contributed by atoms with E-state index in [0.29, 0.717) is 20.1 Å². The number of halogens is 3. The predicted molar refractivity (Wildman–Crippen MR) is 89.3 cm³/mol. The maximum Gasteiger partial charge on any atom is 0.258 e. The lowest BCUT2D eigenvalue weighted by molar-refractivity contribution is 0.592. The second-order valence-electron chi connectivity index (χ2n) is 4.54. The van der Waals surface area contributed by atoms with Gasteiger partial charge in [-0.05, 0) is 28.1 Å². The molecule has 2 aromatic heterocycles. The van der Waals surface area contributed by atoms with E-state index in [1.807, 2.05) is 0 Å². The van der Waals surface area contributed by atoms with Gasteiger partial charge in [0.05, 0.1) is 14.5 Å². The summed E-state index contributed by atoms with van der Waals surface area (Å²) in [7, 11) is -3.62. The van der Waals surface area contributed by atoms with E-state index >= 15 is 0 Å². The Balaban J connectivity index is 2.23. The Bertz CT molecular complexity index is 1030. The molecule has 8 nitrogen and oxygen atoms in total. The van der Waals surface area contributed by atoms with Crippen molar-refractivity contribution in [1.82, 2.24) is 24.6 Å². The highest BCUT2D eigenvalue weighted by molar-refractivity contribution is 9.10. The van der Waals surface area contributed by atoms with Gasteiger partial charge in [-0.2, -0.15) is 19.5 Å². The zero-order chi connectivity index (χ0) is 16.9. The average molecular weight is 438 g/mol. The number of sulfone groups is 1. The van der Waals surface area contributed by atoms with Gasteiger partial charge in [0.25, 0.3) is 10.9 Å². The van der Waals surface area contributed by atoms with Crippen LogP contribution in [0, 0.1) is 0 Å². The van der Waals surface area contributed by atoms with Gasteiger partial charge in [-0.25, -0.2) is 8.42 Å². The van der Waals surface area contributed by atoms with Crippen LogP contribution in [0.1, 0.15) is 0 Å². The molecule has 0 amide bonds. The van der Waals surface area contributed by atoms with Crippen molar-refractivity contribution in [3.05, 3.63) is 26.7 Å². The Morgan fingerprint density at radius 3 is 2.35 bits per heavy atom.